The zero-order valence-electron chi connectivity index (χ0n) is 17.0. The molecule has 0 amide bonds. The number of benzene rings is 1. The zero-order chi connectivity index (χ0) is 20.0. The molecule has 6 heteroatoms. The van der Waals surface area contributed by atoms with Gasteiger partial charge in [0, 0.05) is 34.5 Å². The summed E-state index contributed by atoms with van der Waals surface area (Å²) in [5.41, 5.74) is 8.23. The third-order valence-corrected chi connectivity index (χ3v) is 14.1. The third-order valence-electron chi connectivity index (χ3n) is 4.57. The Morgan fingerprint density at radius 3 is 1.40 bits per heavy atom. The average molecular weight is 408 g/mol. The van der Waals surface area contributed by atoms with Crippen LogP contribution in [0.1, 0.15) is 61.0 Å². The Bertz CT molecular complexity index is 586. The van der Waals surface area contributed by atoms with Gasteiger partial charge in [0.05, 0.1) is 7.14 Å². The number of hydrogen-bond donors (Lipinski definition) is 1. The standard InChI is InChI=1S/C13H22NOP.C6H14ClOP/c1-10(2)16(15,11(3)4)9-12-5-7-13(14)8-6-12;1-5(2)9(7,8)6(3)4/h5-8,10-11H,9,14H2,1-4H3;5-6H,1-4H3. The number of rotatable bonds is 6. The molecule has 0 aliphatic rings. The summed E-state index contributed by atoms with van der Waals surface area (Å²) in [6.45, 7) is 13.4. The summed E-state index contributed by atoms with van der Waals surface area (Å²) in [7, 11) is -2.14. The SMILES string of the molecule is CC(C)P(=O)(Cc1ccc(N)cc1)C(C)C.CC(C)P(=O)(Cl)C(C)C. The van der Waals surface area contributed by atoms with Crippen molar-refractivity contribution in [2.24, 2.45) is 0 Å². The fourth-order valence-electron chi connectivity index (χ4n) is 2.47. The van der Waals surface area contributed by atoms with Crippen molar-refractivity contribution in [1.82, 2.24) is 0 Å². The topological polar surface area (TPSA) is 60.2 Å². The van der Waals surface area contributed by atoms with E-state index in [1.807, 2.05) is 52.0 Å². The van der Waals surface area contributed by atoms with Gasteiger partial charge in [0.1, 0.15) is 0 Å². The van der Waals surface area contributed by atoms with Crippen molar-refractivity contribution in [1.29, 1.82) is 0 Å². The molecule has 0 spiro atoms. The molecular formula is C19H36ClNO2P2. The van der Waals surface area contributed by atoms with E-state index in [4.69, 9.17) is 17.0 Å². The van der Waals surface area contributed by atoms with E-state index in [-0.39, 0.29) is 22.6 Å². The molecule has 0 aliphatic heterocycles. The van der Waals surface area contributed by atoms with Gasteiger partial charge in [-0.1, -0.05) is 78.8 Å². The van der Waals surface area contributed by atoms with Gasteiger partial charge in [-0.3, -0.25) is 0 Å². The molecule has 0 fully saturated rings. The van der Waals surface area contributed by atoms with Gasteiger partial charge in [-0.15, -0.1) is 0 Å². The Morgan fingerprint density at radius 2 is 1.16 bits per heavy atom. The largest absolute Gasteiger partial charge is 0.399 e. The van der Waals surface area contributed by atoms with Gasteiger partial charge in [-0.25, -0.2) is 0 Å². The van der Waals surface area contributed by atoms with Crippen molar-refractivity contribution in [2.45, 2.75) is 84.2 Å². The highest BCUT2D eigenvalue weighted by Crippen LogP contribution is 2.59. The molecule has 146 valence electrons. The molecule has 1 rings (SSSR count). The molecule has 0 radical (unpaired) electrons. The van der Waals surface area contributed by atoms with Crippen molar-refractivity contribution in [3.05, 3.63) is 29.8 Å². The van der Waals surface area contributed by atoms with Crippen LogP contribution in [0.25, 0.3) is 0 Å². The quantitative estimate of drug-likeness (QED) is 0.398. The summed E-state index contributed by atoms with van der Waals surface area (Å²) in [6, 6.07) is 7.71. The van der Waals surface area contributed by atoms with Crippen LogP contribution in [0.2, 0.25) is 0 Å². The van der Waals surface area contributed by atoms with Gasteiger partial charge in [-0.2, -0.15) is 0 Å². The highest BCUT2D eigenvalue weighted by Gasteiger charge is 2.30. The van der Waals surface area contributed by atoms with Gasteiger partial charge in [0.15, 0.2) is 6.49 Å². The number of nitrogen functional groups attached to an aromatic ring is 1. The van der Waals surface area contributed by atoms with Crippen LogP contribution < -0.4 is 5.73 Å². The van der Waals surface area contributed by atoms with Crippen LogP contribution in [0.5, 0.6) is 0 Å². The molecule has 0 saturated carbocycles. The first kappa shape index (κ1) is 24.8. The second kappa shape index (κ2) is 10.2. The van der Waals surface area contributed by atoms with Gasteiger partial charge in [0.2, 0.25) is 0 Å². The molecule has 0 unspecified atom stereocenters. The van der Waals surface area contributed by atoms with Crippen molar-refractivity contribution in [3.63, 3.8) is 0 Å². The maximum absolute atomic E-state index is 12.8. The zero-order valence-corrected chi connectivity index (χ0v) is 19.5. The Balaban J connectivity index is 0.000000547. The molecule has 0 atom stereocenters. The van der Waals surface area contributed by atoms with Crippen LogP contribution in [0.3, 0.4) is 0 Å². The third kappa shape index (κ3) is 7.49. The minimum atomic E-state index is -2.36. The Morgan fingerprint density at radius 1 is 0.800 bits per heavy atom. The molecule has 2 N–H and O–H groups in total. The predicted molar refractivity (Wildman–Crippen MR) is 116 cm³/mol. The maximum atomic E-state index is 12.8. The molecular weight excluding hydrogens is 372 g/mol. The molecule has 0 bridgehead atoms. The van der Waals surface area contributed by atoms with Crippen LogP contribution in [0, 0.1) is 0 Å². The van der Waals surface area contributed by atoms with Gasteiger partial charge in [-0.05, 0) is 17.7 Å². The van der Waals surface area contributed by atoms with E-state index in [1.54, 1.807) is 0 Å². The Kier molecular flexibility index (Phi) is 10.1. The highest BCUT2D eigenvalue weighted by atomic mass is 35.7. The van der Waals surface area contributed by atoms with Crippen LogP contribution in [-0.4, -0.2) is 22.6 Å². The van der Waals surface area contributed by atoms with Crippen molar-refractivity contribution in [3.8, 4) is 0 Å². The Labute approximate surface area is 159 Å². The lowest BCUT2D eigenvalue weighted by Gasteiger charge is -2.26. The van der Waals surface area contributed by atoms with Crippen molar-refractivity contribution in [2.75, 3.05) is 5.73 Å². The van der Waals surface area contributed by atoms with E-state index in [1.165, 1.54) is 0 Å². The number of anilines is 1. The van der Waals surface area contributed by atoms with Gasteiger partial charge >= 0.3 is 0 Å². The molecule has 3 nitrogen and oxygen atoms in total. The summed E-state index contributed by atoms with van der Waals surface area (Å²) >= 11 is 5.76. The first-order valence-corrected chi connectivity index (χ1v) is 13.7. The van der Waals surface area contributed by atoms with E-state index in [2.05, 4.69) is 27.7 Å². The maximum Gasteiger partial charge on any atom is 0.174 e. The van der Waals surface area contributed by atoms with E-state index >= 15 is 0 Å². The van der Waals surface area contributed by atoms with Crippen LogP contribution in [0.15, 0.2) is 24.3 Å². The van der Waals surface area contributed by atoms with Crippen molar-refractivity contribution >= 4 is 30.6 Å². The lowest BCUT2D eigenvalue weighted by atomic mass is 10.2. The second-order valence-corrected chi connectivity index (χ2v) is 16.7. The van der Waals surface area contributed by atoms with Crippen molar-refractivity contribution < 1.29 is 9.13 Å². The highest BCUT2D eigenvalue weighted by molar-refractivity contribution is 7.90. The van der Waals surface area contributed by atoms with E-state index in [0.717, 1.165) is 11.3 Å². The summed E-state index contributed by atoms with van der Waals surface area (Å²) in [5, 5.41) is 0. The van der Waals surface area contributed by atoms with Gasteiger partial charge in [0.25, 0.3) is 0 Å². The molecule has 0 saturated heterocycles. The fraction of sp³-hybridized carbons (Fsp3) is 0.684. The fourth-order valence-corrected chi connectivity index (χ4v) is 6.36. The molecule has 0 heterocycles. The molecule has 1 aromatic rings. The minimum Gasteiger partial charge on any atom is -0.399 e. The first-order chi connectivity index (χ1) is 11.2. The van der Waals surface area contributed by atoms with Crippen LogP contribution in [0.4, 0.5) is 5.69 Å². The van der Waals surface area contributed by atoms with Crippen LogP contribution >= 0.6 is 24.9 Å². The smallest absolute Gasteiger partial charge is 0.174 e. The van der Waals surface area contributed by atoms with Crippen LogP contribution in [-0.2, 0) is 15.3 Å². The van der Waals surface area contributed by atoms with Gasteiger partial charge < -0.3 is 14.9 Å². The van der Waals surface area contributed by atoms with E-state index in [0.29, 0.717) is 6.16 Å². The normalized spacial score (nSPS) is 12.7. The summed E-state index contributed by atoms with van der Waals surface area (Å²) in [5.74, 6) is 0. The molecule has 0 aliphatic carbocycles. The lowest BCUT2D eigenvalue weighted by Crippen LogP contribution is -2.10. The second-order valence-electron chi connectivity index (χ2n) is 7.75. The lowest BCUT2D eigenvalue weighted by molar-refractivity contribution is 0.560. The van der Waals surface area contributed by atoms with E-state index < -0.39 is 13.6 Å². The number of hydrogen-bond acceptors (Lipinski definition) is 3. The molecule has 0 aromatic heterocycles. The molecule has 25 heavy (non-hydrogen) atoms. The summed E-state index contributed by atoms with van der Waals surface area (Å²) in [6.07, 6.45) is 0.683. The number of nitrogens with two attached hydrogens (primary N) is 1. The predicted octanol–water partition coefficient (Wildman–Crippen LogP) is 7.27. The first-order valence-electron chi connectivity index (χ1n) is 8.97. The summed E-state index contributed by atoms with van der Waals surface area (Å²) < 4.78 is 24.2. The minimum absolute atomic E-state index is 0.110. The molecule has 1 aromatic carbocycles. The Hall–Kier alpha value is -0.230. The number of halogens is 1. The monoisotopic (exact) mass is 407 g/mol. The van der Waals surface area contributed by atoms with E-state index in [9.17, 15) is 9.13 Å². The summed E-state index contributed by atoms with van der Waals surface area (Å²) in [4.78, 5) is 0. The average Bonchev–Trinajstić information content (AvgIpc) is 2.49.